The summed E-state index contributed by atoms with van der Waals surface area (Å²) in [5.41, 5.74) is 8.15. The summed E-state index contributed by atoms with van der Waals surface area (Å²) in [6.45, 7) is 3.58. The zero-order valence-electron chi connectivity index (χ0n) is 10.0. The minimum Gasteiger partial charge on any atom is -0.383 e. The predicted octanol–water partition coefficient (Wildman–Crippen LogP) is 2.55. The lowest BCUT2D eigenvalue weighted by molar-refractivity contribution is 0.206. The van der Waals surface area contributed by atoms with Crippen LogP contribution in [0, 0.1) is 0 Å². The highest BCUT2D eigenvalue weighted by Crippen LogP contribution is 2.26. The third-order valence-electron chi connectivity index (χ3n) is 2.55. The summed E-state index contributed by atoms with van der Waals surface area (Å²) in [5, 5.41) is 0. The van der Waals surface area contributed by atoms with E-state index >= 15 is 0 Å². The second kappa shape index (κ2) is 6.23. The van der Waals surface area contributed by atoms with Crippen molar-refractivity contribution in [3.63, 3.8) is 0 Å². The molecule has 0 aliphatic rings. The van der Waals surface area contributed by atoms with E-state index in [1.54, 1.807) is 7.11 Å². The fourth-order valence-electron chi connectivity index (χ4n) is 1.48. The van der Waals surface area contributed by atoms with Crippen LogP contribution in [0.3, 0.4) is 0 Å². The Morgan fingerprint density at radius 2 is 2.19 bits per heavy atom. The van der Waals surface area contributed by atoms with Crippen molar-refractivity contribution in [3.8, 4) is 0 Å². The highest BCUT2D eigenvalue weighted by molar-refractivity contribution is 9.10. The maximum Gasteiger partial charge on any atom is 0.0637 e. The molecule has 0 unspecified atom stereocenters. The summed E-state index contributed by atoms with van der Waals surface area (Å²) in [4.78, 5) is 2.15. The van der Waals surface area contributed by atoms with Gasteiger partial charge in [-0.25, -0.2) is 0 Å². The smallest absolute Gasteiger partial charge is 0.0637 e. The first kappa shape index (κ1) is 13.5. The number of hydrogen-bond acceptors (Lipinski definition) is 3. The van der Waals surface area contributed by atoms with Crippen LogP contribution in [0.5, 0.6) is 0 Å². The maximum absolute atomic E-state index is 5.86. The zero-order chi connectivity index (χ0) is 12.1. The Bertz CT molecular complexity index is 342. The molecule has 4 heteroatoms. The van der Waals surface area contributed by atoms with Gasteiger partial charge in [-0.3, -0.25) is 0 Å². The molecule has 0 heterocycles. The van der Waals surface area contributed by atoms with E-state index in [4.69, 9.17) is 10.5 Å². The standard InChI is InChI=1S/C12H19BrN2O/c1-9(14)11-5-4-10(8-12(11)13)15(2)6-7-16-3/h4-5,8-9H,6-7,14H2,1-3H3/t9-/m0/s1. The first-order valence-corrected chi connectivity index (χ1v) is 6.10. The molecule has 0 bridgehead atoms. The predicted molar refractivity (Wildman–Crippen MR) is 71.9 cm³/mol. The Morgan fingerprint density at radius 3 is 2.69 bits per heavy atom. The Kier molecular flexibility index (Phi) is 5.25. The van der Waals surface area contributed by atoms with Crippen molar-refractivity contribution in [1.82, 2.24) is 0 Å². The Labute approximate surface area is 106 Å². The van der Waals surface area contributed by atoms with Gasteiger partial charge in [-0.15, -0.1) is 0 Å². The molecule has 0 radical (unpaired) electrons. The van der Waals surface area contributed by atoms with Crippen molar-refractivity contribution >= 4 is 21.6 Å². The molecule has 3 nitrogen and oxygen atoms in total. The second-order valence-corrected chi connectivity index (χ2v) is 4.76. The molecule has 1 atom stereocenters. The van der Waals surface area contributed by atoms with Gasteiger partial charge >= 0.3 is 0 Å². The molecule has 0 saturated carbocycles. The number of anilines is 1. The highest BCUT2D eigenvalue weighted by Gasteiger charge is 2.07. The second-order valence-electron chi connectivity index (χ2n) is 3.91. The van der Waals surface area contributed by atoms with Gasteiger partial charge in [0, 0.05) is 36.9 Å². The van der Waals surface area contributed by atoms with Crippen molar-refractivity contribution in [2.24, 2.45) is 5.73 Å². The Morgan fingerprint density at radius 1 is 1.50 bits per heavy atom. The van der Waals surface area contributed by atoms with E-state index in [9.17, 15) is 0 Å². The normalized spacial score (nSPS) is 12.6. The number of nitrogens with zero attached hydrogens (tertiary/aromatic N) is 1. The van der Waals surface area contributed by atoms with Gasteiger partial charge in [0.05, 0.1) is 6.61 Å². The SMILES string of the molecule is COCCN(C)c1ccc([C@H](C)N)c(Br)c1. The third kappa shape index (κ3) is 3.47. The van der Waals surface area contributed by atoms with Crippen LogP contribution in [0.1, 0.15) is 18.5 Å². The lowest BCUT2D eigenvalue weighted by Gasteiger charge is -2.20. The van der Waals surface area contributed by atoms with Crippen LogP contribution in [-0.4, -0.2) is 27.3 Å². The van der Waals surface area contributed by atoms with Crippen LogP contribution in [-0.2, 0) is 4.74 Å². The van der Waals surface area contributed by atoms with E-state index in [0.717, 1.165) is 28.9 Å². The number of likely N-dealkylation sites (N-methyl/N-ethyl adjacent to an activating group) is 1. The van der Waals surface area contributed by atoms with E-state index in [0.29, 0.717) is 0 Å². The van der Waals surface area contributed by atoms with E-state index < -0.39 is 0 Å². The number of nitrogens with two attached hydrogens (primary N) is 1. The van der Waals surface area contributed by atoms with Gasteiger partial charge in [0.2, 0.25) is 0 Å². The van der Waals surface area contributed by atoms with Crippen molar-refractivity contribution < 1.29 is 4.74 Å². The van der Waals surface area contributed by atoms with E-state index in [1.165, 1.54) is 0 Å². The fraction of sp³-hybridized carbons (Fsp3) is 0.500. The molecular formula is C12H19BrN2O. The molecule has 1 aromatic rings. The molecule has 2 N–H and O–H groups in total. The molecule has 0 saturated heterocycles. The first-order chi connectivity index (χ1) is 7.56. The Balaban J connectivity index is 2.80. The summed E-state index contributed by atoms with van der Waals surface area (Å²) in [7, 11) is 3.76. The average molecular weight is 287 g/mol. The number of rotatable bonds is 5. The summed E-state index contributed by atoms with van der Waals surface area (Å²) < 4.78 is 6.11. The lowest BCUT2D eigenvalue weighted by Crippen LogP contribution is -2.22. The van der Waals surface area contributed by atoms with Crippen LogP contribution in [0.25, 0.3) is 0 Å². The summed E-state index contributed by atoms with van der Waals surface area (Å²) in [6.07, 6.45) is 0. The molecule has 1 rings (SSSR count). The minimum absolute atomic E-state index is 0.0488. The fourth-order valence-corrected chi connectivity index (χ4v) is 2.21. The quantitative estimate of drug-likeness (QED) is 0.904. The van der Waals surface area contributed by atoms with Gasteiger partial charge in [0.15, 0.2) is 0 Å². The van der Waals surface area contributed by atoms with Gasteiger partial charge in [-0.1, -0.05) is 22.0 Å². The van der Waals surface area contributed by atoms with Crippen LogP contribution in [0.15, 0.2) is 22.7 Å². The van der Waals surface area contributed by atoms with Crippen LogP contribution in [0.4, 0.5) is 5.69 Å². The van der Waals surface area contributed by atoms with E-state index in [1.807, 2.05) is 14.0 Å². The van der Waals surface area contributed by atoms with E-state index in [2.05, 4.69) is 39.0 Å². The Hall–Kier alpha value is -0.580. The summed E-state index contributed by atoms with van der Waals surface area (Å²) >= 11 is 3.55. The van der Waals surface area contributed by atoms with Gasteiger partial charge in [-0.05, 0) is 24.6 Å². The van der Waals surface area contributed by atoms with Gasteiger partial charge in [-0.2, -0.15) is 0 Å². The molecular weight excluding hydrogens is 268 g/mol. The van der Waals surface area contributed by atoms with Crippen molar-refractivity contribution in [1.29, 1.82) is 0 Å². The first-order valence-electron chi connectivity index (χ1n) is 5.31. The molecule has 0 aliphatic heterocycles. The molecule has 0 amide bonds. The monoisotopic (exact) mass is 286 g/mol. The number of methoxy groups -OCH3 is 1. The van der Waals surface area contributed by atoms with Crippen LogP contribution >= 0.6 is 15.9 Å². The number of hydrogen-bond donors (Lipinski definition) is 1. The number of benzene rings is 1. The average Bonchev–Trinajstić information content (AvgIpc) is 2.25. The molecule has 1 aromatic carbocycles. The van der Waals surface area contributed by atoms with Crippen molar-refractivity contribution in [2.45, 2.75) is 13.0 Å². The summed E-state index contributed by atoms with van der Waals surface area (Å²) in [5.74, 6) is 0. The molecule has 0 fully saturated rings. The topological polar surface area (TPSA) is 38.5 Å². The molecule has 0 aromatic heterocycles. The number of ether oxygens (including phenoxy) is 1. The van der Waals surface area contributed by atoms with Crippen molar-refractivity contribution in [3.05, 3.63) is 28.2 Å². The zero-order valence-corrected chi connectivity index (χ0v) is 11.6. The molecule has 90 valence electrons. The minimum atomic E-state index is 0.0488. The highest BCUT2D eigenvalue weighted by atomic mass is 79.9. The third-order valence-corrected chi connectivity index (χ3v) is 3.23. The summed E-state index contributed by atoms with van der Waals surface area (Å²) in [6, 6.07) is 6.29. The molecule has 16 heavy (non-hydrogen) atoms. The lowest BCUT2D eigenvalue weighted by atomic mass is 10.1. The van der Waals surface area contributed by atoms with Gasteiger partial charge < -0.3 is 15.4 Å². The maximum atomic E-state index is 5.86. The number of halogens is 1. The molecule has 0 spiro atoms. The van der Waals surface area contributed by atoms with Crippen molar-refractivity contribution in [2.75, 3.05) is 32.2 Å². The van der Waals surface area contributed by atoms with Gasteiger partial charge in [0.1, 0.15) is 0 Å². The molecule has 0 aliphatic carbocycles. The van der Waals surface area contributed by atoms with E-state index in [-0.39, 0.29) is 6.04 Å². The largest absolute Gasteiger partial charge is 0.383 e. The van der Waals surface area contributed by atoms with Crippen LogP contribution < -0.4 is 10.6 Å². The van der Waals surface area contributed by atoms with Crippen LogP contribution in [0.2, 0.25) is 0 Å². The van der Waals surface area contributed by atoms with Gasteiger partial charge in [0.25, 0.3) is 0 Å².